The van der Waals surface area contributed by atoms with E-state index in [-0.39, 0.29) is 18.3 Å². The van der Waals surface area contributed by atoms with Gasteiger partial charge in [-0.3, -0.25) is 4.79 Å². The number of benzene rings is 1. The average Bonchev–Trinajstić information content (AvgIpc) is 2.85. The van der Waals surface area contributed by atoms with E-state index in [2.05, 4.69) is 0 Å². The lowest BCUT2D eigenvalue weighted by Gasteiger charge is -2.22. The third kappa shape index (κ3) is 4.07. The first-order valence-electron chi connectivity index (χ1n) is 6.28. The number of nitrogens with zero attached hydrogens (tertiary/aromatic N) is 1. The molecule has 1 aromatic carbocycles. The number of thiophene rings is 1. The second-order valence-corrected chi connectivity index (χ2v) is 5.21. The fourth-order valence-electron chi connectivity index (χ4n) is 1.96. The molecule has 2 aromatic rings. The van der Waals surface area contributed by atoms with E-state index in [0.717, 1.165) is 16.7 Å². The molecule has 3 nitrogen and oxygen atoms in total. The quantitative estimate of drug-likeness (QED) is 0.922. The van der Waals surface area contributed by atoms with Crippen LogP contribution in [0, 0.1) is 6.92 Å². The molecule has 0 aliphatic carbocycles. The van der Waals surface area contributed by atoms with Crippen LogP contribution in [-0.4, -0.2) is 23.9 Å². The molecule has 0 spiro atoms. The normalized spacial score (nSPS) is 9.90. The van der Waals surface area contributed by atoms with Crippen LogP contribution in [0.25, 0.3) is 0 Å². The van der Waals surface area contributed by atoms with Crippen LogP contribution in [0.1, 0.15) is 21.5 Å². The van der Waals surface area contributed by atoms with Crippen molar-refractivity contribution < 1.29 is 4.79 Å². The Morgan fingerprint density at radius 2 is 1.95 bits per heavy atom. The number of carbonyl (C=O) groups excluding carboxylic acids is 1. The van der Waals surface area contributed by atoms with E-state index < -0.39 is 0 Å². The summed E-state index contributed by atoms with van der Waals surface area (Å²) in [5.41, 5.74) is 8.56. The Morgan fingerprint density at radius 1 is 1.25 bits per heavy atom. The van der Waals surface area contributed by atoms with E-state index in [1.165, 1.54) is 0 Å². The summed E-state index contributed by atoms with van der Waals surface area (Å²) in [6.07, 6.45) is 0. The Morgan fingerprint density at radius 3 is 2.50 bits per heavy atom. The summed E-state index contributed by atoms with van der Waals surface area (Å²) in [5.74, 6) is 0.0630. The Hall–Kier alpha value is -1.36. The highest BCUT2D eigenvalue weighted by Crippen LogP contribution is 2.17. The topological polar surface area (TPSA) is 46.3 Å². The molecule has 5 heteroatoms. The number of halogens is 1. The van der Waals surface area contributed by atoms with Crippen molar-refractivity contribution in [2.45, 2.75) is 13.5 Å². The highest BCUT2D eigenvalue weighted by molar-refractivity contribution is 7.08. The van der Waals surface area contributed by atoms with Crippen LogP contribution < -0.4 is 5.73 Å². The summed E-state index contributed by atoms with van der Waals surface area (Å²) >= 11 is 1.56. The molecule has 0 saturated carbocycles. The third-order valence-corrected chi connectivity index (χ3v) is 3.85. The van der Waals surface area contributed by atoms with E-state index in [1.54, 1.807) is 11.3 Å². The number of carbonyl (C=O) groups is 1. The molecule has 0 fully saturated rings. The maximum atomic E-state index is 12.5. The highest BCUT2D eigenvalue weighted by Gasteiger charge is 2.17. The lowest BCUT2D eigenvalue weighted by Crippen LogP contribution is -2.35. The molecule has 0 bridgehead atoms. The van der Waals surface area contributed by atoms with Crippen LogP contribution in [0.2, 0.25) is 0 Å². The van der Waals surface area contributed by atoms with Gasteiger partial charge in [0.2, 0.25) is 0 Å². The Bertz CT molecular complexity index is 542. The van der Waals surface area contributed by atoms with E-state index in [1.807, 2.05) is 52.9 Å². The fourth-order valence-corrected chi connectivity index (χ4v) is 2.78. The molecule has 0 radical (unpaired) electrons. The van der Waals surface area contributed by atoms with Gasteiger partial charge in [-0.1, -0.05) is 30.3 Å². The van der Waals surface area contributed by atoms with Crippen LogP contribution in [0.15, 0.2) is 41.1 Å². The predicted octanol–water partition coefficient (Wildman–Crippen LogP) is 3.08. The first-order valence-corrected chi connectivity index (χ1v) is 7.22. The van der Waals surface area contributed by atoms with Crippen LogP contribution in [0.4, 0.5) is 0 Å². The van der Waals surface area contributed by atoms with Crippen molar-refractivity contribution in [2.24, 2.45) is 5.73 Å². The van der Waals surface area contributed by atoms with Gasteiger partial charge in [0.15, 0.2) is 0 Å². The van der Waals surface area contributed by atoms with Gasteiger partial charge in [0.25, 0.3) is 5.91 Å². The maximum Gasteiger partial charge on any atom is 0.255 e. The van der Waals surface area contributed by atoms with Crippen molar-refractivity contribution in [1.82, 2.24) is 4.90 Å². The number of hydrogen-bond acceptors (Lipinski definition) is 3. The van der Waals surface area contributed by atoms with Gasteiger partial charge < -0.3 is 10.6 Å². The first kappa shape index (κ1) is 16.7. The summed E-state index contributed by atoms with van der Waals surface area (Å²) in [6.45, 7) is 3.61. The minimum absolute atomic E-state index is 0. The molecule has 0 aliphatic heterocycles. The Balaban J connectivity index is 0.00000200. The van der Waals surface area contributed by atoms with Gasteiger partial charge in [0.1, 0.15) is 0 Å². The molecule has 0 unspecified atom stereocenters. The zero-order valence-electron chi connectivity index (χ0n) is 11.4. The average molecular weight is 311 g/mol. The highest BCUT2D eigenvalue weighted by atomic mass is 35.5. The number of hydrogen-bond donors (Lipinski definition) is 1. The summed E-state index contributed by atoms with van der Waals surface area (Å²) in [6, 6.07) is 9.99. The molecule has 2 N–H and O–H groups in total. The summed E-state index contributed by atoms with van der Waals surface area (Å²) in [5, 5.41) is 3.91. The molecule has 108 valence electrons. The van der Waals surface area contributed by atoms with Crippen LogP contribution >= 0.6 is 23.7 Å². The second kappa shape index (κ2) is 8.04. The Kier molecular flexibility index (Phi) is 6.71. The molecule has 0 saturated heterocycles. The van der Waals surface area contributed by atoms with Gasteiger partial charge in [0, 0.05) is 25.0 Å². The smallest absolute Gasteiger partial charge is 0.255 e. The van der Waals surface area contributed by atoms with Crippen molar-refractivity contribution in [3.05, 3.63) is 57.8 Å². The lowest BCUT2D eigenvalue weighted by atomic mass is 10.1. The number of rotatable bonds is 5. The number of amides is 1. The van der Waals surface area contributed by atoms with Crippen molar-refractivity contribution in [3.8, 4) is 0 Å². The van der Waals surface area contributed by atoms with Crippen molar-refractivity contribution >= 4 is 29.7 Å². The van der Waals surface area contributed by atoms with E-state index >= 15 is 0 Å². The molecule has 1 heterocycles. The van der Waals surface area contributed by atoms with E-state index in [0.29, 0.717) is 19.6 Å². The summed E-state index contributed by atoms with van der Waals surface area (Å²) in [7, 11) is 0. The predicted molar refractivity (Wildman–Crippen MR) is 86.5 cm³/mol. The zero-order valence-corrected chi connectivity index (χ0v) is 13.0. The molecular formula is C15H19ClN2OS. The van der Waals surface area contributed by atoms with Gasteiger partial charge in [-0.15, -0.1) is 12.4 Å². The van der Waals surface area contributed by atoms with Gasteiger partial charge in [0.05, 0.1) is 5.56 Å². The van der Waals surface area contributed by atoms with Crippen molar-refractivity contribution in [2.75, 3.05) is 13.1 Å². The maximum absolute atomic E-state index is 12.5. The first-order chi connectivity index (χ1) is 9.22. The molecule has 2 rings (SSSR count). The SMILES string of the molecule is Cc1cscc1C(=O)N(CCN)Cc1ccccc1.Cl. The minimum Gasteiger partial charge on any atom is -0.333 e. The van der Waals surface area contributed by atoms with Gasteiger partial charge in [-0.2, -0.15) is 11.3 Å². The van der Waals surface area contributed by atoms with E-state index in [9.17, 15) is 4.79 Å². The Labute approximate surface area is 129 Å². The minimum atomic E-state index is 0. The monoisotopic (exact) mass is 310 g/mol. The lowest BCUT2D eigenvalue weighted by molar-refractivity contribution is 0.0748. The summed E-state index contributed by atoms with van der Waals surface area (Å²) < 4.78 is 0. The van der Waals surface area contributed by atoms with Crippen LogP contribution in [0.3, 0.4) is 0 Å². The van der Waals surface area contributed by atoms with Crippen molar-refractivity contribution in [3.63, 3.8) is 0 Å². The zero-order chi connectivity index (χ0) is 13.7. The molecule has 1 amide bonds. The van der Waals surface area contributed by atoms with Crippen LogP contribution in [-0.2, 0) is 6.54 Å². The largest absolute Gasteiger partial charge is 0.333 e. The third-order valence-electron chi connectivity index (χ3n) is 2.99. The molecule has 1 aromatic heterocycles. The van der Waals surface area contributed by atoms with Crippen molar-refractivity contribution in [1.29, 1.82) is 0 Å². The molecule has 20 heavy (non-hydrogen) atoms. The number of nitrogens with two attached hydrogens (primary N) is 1. The molecule has 0 aliphatic rings. The van der Waals surface area contributed by atoms with Gasteiger partial charge >= 0.3 is 0 Å². The van der Waals surface area contributed by atoms with E-state index in [4.69, 9.17) is 5.73 Å². The summed E-state index contributed by atoms with van der Waals surface area (Å²) in [4.78, 5) is 14.3. The second-order valence-electron chi connectivity index (χ2n) is 4.47. The van der Waals surface area contributed by atoms with Crippen LogP contribution in [0.5, 0.6) is 0 Å². The standard InChI is InChI=1S/C15H18N2OS.ClH/c1-12-10-19-11-14(12)15(18)17(8-7-16)9-13-5-3-2-4-6-13;/h2-6,10-11H,7-9,16H2,1H3;1H. The fraction of sp³-hybridized carbons (Fsp3) is 0.267. The molecule has 0 atom stereocenters. The van der Waals surface area contributed by atoms with Gasteiger partial charge in [-0.25, -0.2) is 0 Å². The van der Waals surface area contributed by atoms with Gasteiger partial charge in [-0.05, 0) is 23.4 Å². The number of aryl methyl sites for hydroxylation is 1. The molecular weight excluding hydrogens is 292 g/mol.